The van der Waals surface area contributed by atoms with Gasteiger partial charge in [0.25, 0.3) is 5.91 Å². The van der Waals surface area contributed by atoms with Gasteiger partial charge in [0.2, 0.25) is 0 Å². The summed E-state index contributed by atoms with van der Waals surface area (Å²) in [5.41, 5.74) is -0.144. The Morgan fingerprint density at radius 3 is 2.65 bits per heavy atom. The molecule has 0 aliphatic rings. The topological polar surface area (TPSA) is 68.0 Å². The number of amides is 1. The number of aromatic nitrogens is 2. The van der Waals surface area contributed by atoms with Crippen molar-refractivity contribution < 1.29 is 22.5 Å². The minimum Gasteiger partial charge on any atom is -0.355 e. The molecule has 0 bridgehead atoms. The van der Waals surface area contributed by atoms with Crippen molar-refractivity contribution in [3.05, 3.63) is 64.4 Å². The standard InChI is InChI=1S/C17H11ClF3N3O2/c1-9-14(15(26-24-9)11-4-2-3-5-12(11)18)16(25)23-13-8-10(6-7-22-13)17(19,20)21/h2-8H,1H3,(H,22,23,25). The Labute approximate surface area is 150 Å². The molecule has 0 unspecified atom stereocenters. The quantitative estimate of drug-likeness (QED) is 0.695. The van der Waals surface area contributed by atoms with Gasteiger partial charge in [-0.2, -0.15) is 13.2 Å². The van der Waals surface area contributed by atoms with Crippen molar-refractivity contribution in [1.82, 2.24) is 10.1 Å². The molecule has 1 aromatic carbocycles. The maximum atomic E-state index is 12.8. The number of nitrogens with zero attached hydrogens (tertiary/aromatic N) is 2. The highest BCUT2D eigenvalue weighted by atomic mass is 35.5. The molecule has 5 nitrogen and oxygen atoms in total. The summed E-state index contributed by atoms with van der Waals surface area (Å²) in [6.45, 7) is 1.54. The molecule has 9 heteroatoms. The summed E-state index contributed by atoms with van der Waals surface area (Å²) in [5, 5.41) is 6.44. The van der Waals surface area contributed by atoms with Crippen LogP contribution in [-0.2, 0) is 6.18 Å². The minimum atomic E-state index is -4.54. The molecular weight excluding hydrogens is 371 g/mol. The average Bonchev–Trinajstić information content (AvgIpc) is 2.96. The summed E-state index contributed by atoms with van der Waals surface area (Å²) in [5.74, 6) is -0.821. The summed E-state index contributed by atoms with van der Waals surface area (Å²) in [4.78, 5) is 16.3. The summed E-state index contributed by atoms with van der Waals surface area (Å²) < 4.78 is 43.6. The number of hydrogen-bond acceptors (Lipinski definition) is 4. The summed E-state index contributed by atoms with van der Waals surface area (Å²) in [6, 6.07) is 8.23. The highest BCUT2D eigenvalue weighted by Crippen LogP contribution is 2.33. The van der Waals surface area contributed by atoms with E-state index < -0.39 is 17.6 Å². The van der Waals surface area contributed by atoms with Crippen LogP contribution in [0.25, 0.3) is 11.3 Å². The fraction of sp³-hybridized carbons (Fsp3) is 0.118. The molecule has 2 aromatic heterocycles. The number of carbonyl (C=O) groups is 1. The number of anilines is 1. The highest BCUT2D eigenvalue weighted by molar-refractivity contribution is 6.33. The second-order valence-electron chi connectivity index (χ2n) is 5.33. The third-order valence-corrected chi connectivity index (χ3v) is 3.87. The lowest BCUT2D eigenvalue weighted by Crippen LogP contribution is -2.15. The van der Waals surface area contributed by atoms with Gasteiger partial charge in [0.15, 0.2) is 5.76 Å². The SMILES string of the molecule is Cc1noc(-c2ccccc2Cl)c1C(=O)Nc1cc(C(F)(F)F)ccn1. The van der Waals surface area contributed by atoms with E-state index in [2.05, 4.69) is 15.5 Å². The van der Waals surface area contributed by atoms with Gasteiger partial charge in [-0.25, -0.2) is 4.98 Å². The molecule has 3 rings (SSSR count). The van der Waals surface area contributed by atoms with Crippen LogP contribution in [0.1, 0.15) is 21.6 Å². The Bertz CT molecular complexity index is 970. The molecular formula is C17H11ClF3N3O2. The van der Waals surface area contributed by atoms with Crippen LogP contribution in [0.3, 0.4) is 0 Å². The number of carbonyl (C=O) groups excluding carboxylic acids is 1. The monoisotopic (exact) mass is 381 g/mol. The number of pyridine rings is 1. The smallest absolute Gasteiger partial charge is 0.355 e. The van der Waals surface area contributed by atoms with E-state index in [9.17, 15) is 18.0 Å². The van der Waals surface area contributed by atoms with Crippen LogP contribution in [0, 0.1) is 6.92 Å². The van der Waals surface area contributed by atoms with Gasteiger partial charge < -0.3 is 9.84 Å². The molecule has 134 valence electrons. The lowest BCUT2D eigenvalue weighted by Gasteiger charge is -2.09. The minimum absolute atomic E-state index is 0.0670. The maximum Gasteiger partial charge on any atom is 0.416 e. The zero-order valence-electron chi connectivity index (χ0n) is 13.3. The molecule has 1 amide bonds. The van der Waals surface area contributed by atoms with Crippen LogP contribution in [0.2, 0.25) is 5.02 Å². The van der Waals surface area contributed by atoms with Crippen LogP contribution < -0.4 is 5.32 Å². The Morgan fingerprint density at radius 2 is 1.96 bits per heavy atom. The van der Waals surface area contributed by atoms with Crippen molar-refractivity contribution in [2.45, 2.75) is 13.1 Å². The second kappa shape index (κ2) is 6.80. The zero-order chi connectivity index (χ0) is 18.9. The fourth-order valence-corrected chi connectivity index (χ4v) is 2.54. The maximum absolute atomic E-state index is 12.8. The van der Waals surface area contributed by atoms with E-state index in [4.69, 9.17) is 16.1 Å². The largest absolute Gasteiger partial charge is 0.416 e. The zero-order valence-corrected chi connectivity index (χ0v) is 14.0. The second-order valence-corrected chi connectivity index (χ2v) is 5.74. The predicted molar refractivity (Wildman–Crippen MR) is 88.9 cm³/mol. The molecule has 0 fully saturated rings. The first-order valence-corrected chi connectivity index (χ1v) is 7.71. The molecule has 0 atom stereocenters. The number of benzene rings is 1. The van der Waals surface area contributed by atoms with Crippen molar-refractivity contribution in [3.63, 3.8) is 0 Å². The van der Waals surface area contributed by atoms with Gasteiger partial charge in [-0.1, -0.05) is 28.9 Å². The van der Waals surface area contributed by atoms with E-state index in [1.165, 1.54) is 0 Å². The number of nitrogens with one attached hydrogen (secondary N) is 1. The Morgan fingerprint density at radius 1 is 1.23 bits per heavy atom. The van der Waals surface area contributed by atoms with Gasteiger partial charge in [-0.3, -0.25) is 4.79 Å². The van der Waals surface area contributed by atoms with Crippen LogP contribution in [0.5, 0.6) is 0 Å². The first-order chi connectivity index (χ1) is 12.3. The predicted octanol–water partition coefficient (Wildman–Crippen LogP) is 4.97. The molecule has 0 aliphatic heterocycles. The van der Waals surface area contributed by atoms with Gasteiger partial charge in [-0.05, 0) is 31.2 Å². The summed E-state index contributed by atoms with van der Waals surface area (Å²) in [6.07, 6.45) is -3.58. The third-order valence-electron chi connectivity index (χ3n) is 3.54. The van der Waals surface area contributed by atoms with Gasteiger partial charge in [-0.15, -0.1) is 0 Å². The van der Waals surface area contributed by atoms with E-state index in [1.807, 2.05) is 0 Å². The van der Waals surface area contributed by atoms with Crippen LogP contribution in [-0.4, -0.2) is 16.0 Å². The van der Waals surface area contributed by atoms with E-state index in [-0.39, 0.29) is 22.8 Å². The lowest BCUT2D eigenvalue weighted by molar-refractivity contribution is -0.137. The van der Waals surface area contributed by atoms with Crippen LogP contribution >= 0.6 is 11.6 Å². The highest BCUT2D eigenvalue weighted by Gasteiger charge is 2.31. The number of rotatable bonds is 3. The Hall–Kier alpha value is -2.87. The van der Waals surface area contributed by atoms with Gasteiger partial charge in [0.05, 0.1) is 16.3 Å². The van der Waals surface area contributed by atoms with Crippen molar-refractivity contribution in [2.75, 3.05) is 5.32 Å². The summed E-state index contributed by atoms with van der Waals surface area (Å²) in [7, 11) is 0. The number of halogens is 4. The number of aryl methyl sites for hydroxylation is 1. The normalized spacial score (nSPS) is 11.4. The molecule has 0 saturated heterocycles. The van der Waals surface area contributed by atoms with E-state index in [0.29, 0.717) is 10.6 Å². The summed E-state index contributed by atoms with van der Waals surface area (Å²) >= 11 is 6.12. The molecule has 0 saturated carbocycles. The van der Waals surface area contributed by atoms with Crippen molar-refractivity contribution in [1.29, 1.82) is 0 Å². The van der Waals surface area contributed by atoms with E-state index in [1.54, 1.807) is 31.2 Å². The molecule has 26 heavy (non-hydrogen) atoms. The average molecular weight is 382 g/mol. The molecule has 3 aromatic rings. The molecule has 0 aliphatic carbocycles. The van der Waals surface area contributed by atoms with Gasteiger partial charge in [0, 0.05) is 11.8 Å². The van der Waals surface area contributed by atoms with Crippen LogP contribution in [0.4, 0.5) is 19.0 Å². The molecule has 0 spiro atoms. The Balaban J connectivity index is 1.95. The first kappa shape index (κ1) is 17.9. The molecule has 1 N–H and O–H groups in total. The van der Waals surface area contributed by atoms with E-state index >= 15 is 0 Å². The van der Waals surface area contributed by atoms with Crippen LogP contribution in [0.15, 0.2) is 47.1 Å². The van der Waals surface area contributed by atoms with Crippen molar-refractivity contribution in [2.24, 2.45) is 0 Å². The van der Waals surface area contributed by atoms with Crippen molar-refractivity contribution >= 4 is 23.3 Å². The van der Waals surface area contributed by atoms with E-state index in [0.717, 1.165) is 18.3 Å². The number of alkyl halides is 3. The molecule has 0 radical (unpaired) electrons. The first-order valence-electron chi connectivity index (χ1n) is 7.33. The lowest BCUT2D eigenvalue weighted by atomic mass is 10.1. The third kappa shape index (κ3) is 3.55. The molecule has 2 heterocycles. The van der Waals surface area contributed by atoms with Gasteiger partial charge >= 0.3 is 6.18 Å². The fourth-order valence-electron chi connectivity index (χ4n) is 2.32. The number of hydrogen-bond donors (Lipinski definition) is 1. The Kier molecular flexibility index (Phi) is 4.69. The van der Waals surface area contributed by atoms with Crippen molar-refractivity contribution in [3.8, 4) is 11.3 Å². The van der Waals surface area contributed by atoms with Gasteiger partial charge in [0.1, 0.15) is 11.4 Å².